The molecule has 0 bridgehead atoms. The molecule has 3 rings (SSSR count). The lowest BCUT2D eigenvalue weighted by Crippen LogP contribution is -2.50. The summed E-state index contributed by atoms with van der Waals surface area (Å²) in [4.78, 5) is 31.5. The second-order valence-electron chi connectivity index (χ2n) is 8.95. The quantitative estimate of drug-likeness (QED) is 0.297. The van der Waals surface area contributed by atoms with Gasteiger partial charge < -0.3 is 14.5 Å². The molecule has 2 aromatic carbocycles. The minimum Gasteiger partial charge on any atom is -0.494 e. The number of benzene rings is 2. The molecule has 190 valence electrons. The number of likely N-dealkylation sites (N-methyl/N-ethyl adjacent to an activating group) is 1. The van der Waals surface area contributed by atoms with E-state index in [-0.39, 0.29) is 11.7 Å². The summed E-state index contributed by atoms with van der Waals surface area (Å²) >= 11 is 5.90. The number of rotatable bonds is 13. The van der Waals surface area contributed by atoms with Crippen molar-refractivity contribution in [2.45, 2.75) is 33.1 Å². The van der Waals surface area contributed by atoms with Crippen LogP contribution in [-0.2, 0) is 4.79 Å². The third kappa shape index (κ3) is 8.64. The maximum Gasteiger partial charge on any atom is 0.236 e. The van der Waals surface area contributed by atoms with Crippen LogP contribution in [0.4, 0.5) is 0 Å². The van der Waals surface area contributed by atoms with Crippen LogP contribution in [0.25, 0.3) is 0 Å². The smallest absolute Gasteiger partial charge is 0.236 e. The average Bonchev–Trinajstić information content (AvgIpc) is 2.88. The number of ether oxygens (including phenoxy) is 1. The minimum atomic E-state index is -0.0236. The second-order valence-corrected chi connectivity index (χ2v) is 9.39. The van der Waals surface area contributed by atoms with Crippen molar-refractivity contribution < 1.29 is 14.3 Å². The Morgan fingerprint density at radius 1 is 0.829 bits per heavy atom. The zero-order valence-electron chi connectivity index (χ0n) is 21.0. The minimum absolute atomic E-state index is 0.0236. The van der Waals surface area contributed by atoms with Crippen molar-refractivity contribution in [1.29, 1.82) is 0 Å². The van der Waals surface area contributed by atoms with Crippen LogP contribution >= 0.6 is 11.6 Å². The third-order valence-corrected chi connectivity index (χ3v) is 6.80. The van der Waals surface area contributed by atoms with Crippen molar-refractivity contribution in [2.75, 3.05) is 59.0 Å². The monoisotopic (exact) mass is 499 g/mol. The average molecular weight is 500 g/mol. The largest absolute Gasteiger partial charge is 0.494 e. The number of hydrogen-bond donors (Lipinski definition) is 0. The molecule has 1 fully saturated rings. The lowest BCUT2D eigenvalue weighted by molar-refractivity contribution is -0.132. The molecular formula is C28H38ClN3O3. The predicted molar refractivity (Wildman–Crippen MR) is 141 cm³/mol. The zero-order valence-corrected chi connectivity index (χ0v) is 21.8. The van der Waals surface area contributed by atoms with E-state index in [0.717, 1.165) is 70.8 Å². The highest BCUT2D eigenvalue weighted by molar-refractivity contribution is 6.30. The van der Waals surface area contributed by atoms with Crippen molar-refractivity contribution in [1.82, 2.24) is 14.7 Å². The van der Waals surface area contributed by atoms with Crippen LogP contribution in [0.1, 0.15) is 49.0 Å². The zero-order chi connectivity index (χ0) is 25.0. The van der Waals surface area contributed by atoms with E-state index in [1.54, 1.807) is 24.3 Å². The Kier molecular flexibility index (Phi) is 11.0. The summed E-state index contributed by atoms with van der Waals surface area (Å²) in [6.45, 7) is 11.9. The van der Waals surface area contributed by atoms with Gasteiger partial charge in [0, 0.05) is 55.4 Å². The first-order valence-electron chi connectivity index (χ1n) is 12.8. The highest BCUT2D eigenvalue weighted by atomic mass is 35.5. The summed E-state index contributed by atoms with van der Waals surface area (Å²) in [5.74, 6) is 1.00. The molecule has 1 saturated heterocycles. The highest BCUT2D eigenvalue weighted by Gasteiger charge is 2.20. The number of carbonyl (C=O) groups excluding carboxylic acids is 2. The first-order valence-corrected chi connectivity index (χ1v) is 13.1. The molecule has 6 nitrogen and oxygen atoms in total. The van der Waals surface area contributed by atoms with Crippen LogP contribution in [0.5, 0.6) is 5.75 Å². The van der Waals surface area contributed by atoms with E-state index in [0.29, 0.717) is 29.3 Å². The van der Waals surface area contributed by atoms with E-state index in [9.17, 15) is 9.59 Å². The van der Waals surface area contributed by atoms with Crippen molar-refractivity contribution in [3.63, 3.8) is 0 Å². The van der Waals surface area contributed by atoms with Gasteiger partial charge in [0.15, 0.2) is 5.78 Å². The van der Waals surface area contributed by atoms with E-state index >= 15 is 0 Å². The van der Waals surface area contributed by atoms with Gasteiger partial charge in [0.05, 0.1) is 13.2 Å². The van der Waals surface area contributed by atoms with Gasteiger partial charge in [-0.05, 0) is 88.2 Å². The van der Waals surface area contributed by atoms with Crippen LogP contribution in [0.15, 0.2) is 48.5 Å². The number of halogens is 1. The van der Waals surface area contributed by atoms with Crippen LogP contribution in [0.2, 0.25) is 5.02 Å². The maximum absolute atomic E-state index is 12.5. The Labute approximate surface area is 214 Å². The molecule has 0 N–H and O–H groups in total. The topological polar surface area (TPSA) is 53.1 Å². The SMILES string of the molecule is CCN(CC)C(=O)CN1CCN(CCCCCOc2ccc(C(=O)c3ccc(Cl)cc3)cc2)CC1. The van der Waals surface area contributed by atoms with Crippen LogP contribution in [0.3, 0.4) is 0 Å². The number of unbranched alkanes of at least 4 members (excludes halogenated alkanes) is 2. The second kappa shape index (κ2) is 14.2. The van der Waals surface area contributed by atoms with E-state index in [4.69, 9.17) is 16.3 Å². The Hall–Kier alpha value is -2.41. The van der Waals surface area contributed by atoms with Crippen molar-refractivity contribution >= 4 is 23.3 Å². The fourth-order valence-electron chi connectivity index (χ4n) is 4.31. The molecule has 1 amide bonds. The maximum atomic E-state index is 12.5. The van der Waals surface area contributed by atoms with E-state index in [2.05, 4.69) is 9.80 Å². The molecule has 0 aliphatic carbocycles. The molecule has 1 heterocycles. The Bertz CT molecular complexity index is 921. The van der Waals surface area contributed by atoms with E-state index in [1.807, 2.05) is 43.0 Å². The Morgan fingerprint density at radius 2 is 1.40 bits per heavy atom. The molecule has 0 radical (unpaired) electrons. The summed E-state index contributed by atoms with van der Waals surface area (Å²) in [5, 5.41) is 0.618. The van der Waals surface area contributed by atoms with Crippen molar-refractivity contribution in [3.8, 4) is 5.75 Å². The highest BCUT2D eigenvalue weighted by Crippen LogP contribution is 2.17. The van der Waals surface area contributed by atoms with Crippen LogP contribution in [0, 0.1) is 0 Å². The number of carbonyl (C=O) groups is 2. The summed E-state index contributed by atoms with van der Waals surface area (Å²) in [6, 6.07) is 14.3. The van der Waals surface area contributed by atoms with Crippen LogP contribution in [-0.4, -0.2) is 85.4 Å². The first-order chi connectivity index (χ1) is 17.0. The lowest BCUT2D eigenvalue weighted by Gasteiger charge is -2.35. The van der Waals surface area contributed by atoms with Gasteiger partial charge in [-0.3, -0.25) is 14.5 Å². The predicted octanol–water partition coefficient (Wildman–Crippen LogP) is 4.61. The molecule has 2 aromatic rings. The number of nitrogens with zero attached hydrogens (tertiary/aromatic N) is 3. The molecule has 1 aliphatic rings. The summed E-state index contributed by atoms with van der Waals surface area (Å²) in [7, 11) is 0. The van der Waals surface area contributed by atoms with Gasteiger partial charge in [0.1, 0.15) is 5.75 Å². The van der Waals surface area contributed by atoms with Crippen LogP contribution < -0.4 is 4.74 Å². The fraction of sp³-hybridized carbons (Fsp3) is 0.500. The first kappa shape index (κ1) is 27.2. The van der Waals surface area contributed by atoms with Gasteiger partial charge in [-0.25, -0.2) is 0 Å². The van der Waals surface area contributed by atoms with Gasteiger partial charge in [0.25, 0.3) is 0 Å². The molecule has 1 aliphatic heterocycles. The molecule has 0 unspecified atom stereocenters. The normalized spacial score (nSPS) is 14.6. The van der Waals surface area contributed by atoms with Gasteiger partial charge in [-0.1, -0.05) is 11.6 Å². The fourth-order valence-corrected chi connectivity index (χ4v) is 4.44. The molecular weight excluding hydrogens is 462 g/mol. The van der Waals surface area contributed by atoms with Gasteiger partial charge in [0.2, 0.25) is 5.91 Å². The number of piperazine rings is 1. The third-order valence-electron chi connectivity index (χ3n) is 6.55. The molecule has 0 saturated carbocycles. The Balaban J connectivity index is 1.27. The Morgan fingerprint density at radius 3 is 2.00 bits per heavy atom. The summed E-state index contributed by atoms with van der Waals surface area (Å²) in [6.07, 6.45) is 3.27. The molecule has 0 atom stereocenters. The van der Waals surface area contributed by atoms with Gasteiger partial charge in [-0.2, -0.15) is 0 Å². The number of amides is 1. The lowest BCUT2D eigenvalue weighted by atomic mass is 10.0. The molecule has 35 heavy (non-hydrogen) atoms. The number of ketones is 1. The number of hydrogen-bond acceptors (Lipinski definition) is 5. The summed E-state index contributed by atoms with van der Waals surface area (Å²) in [5.41, 5.74) is 1.26. The van der Waals surface area contributed by atoms with E-state index in [1.165, 1.54) is 0 Å². The van der Waals surface area contributed by atoms with Crippen molar-refractivity contribution in [2.24, 2.45) is 0 Å². The van der Waals surface area contributed by atoms with Crippen molar-refractivity contribution in [3.05, 3.63) is 64.7 Å². The molecule has 7 heteroatoms. The van der Waals surface area contributed by atoms with Gasteiger partial charge >= 0.3 is 0 Å². The standard InChI is InChI=1S/C28H38ClN3O3/c1-3-32(4-2)27(33)22-31-19-17-30(18-20-31)16-6-5-7-21-35-26-14-10-24(11-15-26)28(34)23-8-12-25(29)13-9-23/h8-15H,3-7,16-22H2,1-2H3. The summed E-state index contributed by atoms with van der Waals surface area (Å²) < 4.78 is 5.86. The molecule has 0 aromatic heterocycles. The molecule has 0 spiro atoms. The van der Waals surface area contributed by atoms with E-state index < -0.39 is 0 Å². The van der Waals surface area contributed by atoms with Gasteiger partial charge in [-0.15, -0.1) is 0 Å².